The lowest BCUT2D eigenvalue weighted by Crippen LogP contribution is -1.89. The van der Waals surface area contributed by atoms with Crippen molar-refractivity contribution in [2.75, 3.05) is 12.5 Å². The molecule has 0 N–H and O–H groups in total. The number of hydrogen-bond donors (Lipinski definition) is 0. The number of rotatable bonds is 5. The molecule has 2 nitrogen and oxygen atoms in total. The minimum atomic E-state index is -0.259. The van der Waals surface area contributed by atoms with E-state index >= 15 is 0 Å². The SMILES string of the molecule is Fc1ccc(C=NOCCCCl)cc1. The molecule has 0 radical (unpaired) electrons. The summed E-state index contributed by atoms with van der Waals surface area (Å²) in [6.07, 6.45) is 2.30. The van der Waals surface area contributed by atoms with Gasteiger partial charge in [-0.25, -0.2) is 4.39 Å². The highest BCUT2D eigenvalue weighted by atomic mass is 35.5. The highest BCUT2D eigenvalue weighted by Gasteiger charge is 1.89. The smallest absolute Gasteiger partial charge is 0.123 e. The van der Waals surface area contributed by atoms with Gasteiger partial charge >= 0.3 is 0 Å². The molecule has 1 aromatic rings. The van der Waals surface area contributed by atoms with E-state index in [1.165, 1.54) is 18.3 Å². The van der Waals surface area contributed by atoms with Gasteiger partial charge in [0.25, 0.3) is 0 Å². The fourth-order valence-corrected chi connectivity index (χ4v) is 0.928. The zero-order chi connectivity index (χ0) is 10.2. The van der Waals surface area contributed by atoms with E-state index in [2.05, 4.69) is 5.16 Å². The van der Waals surface area contributed by atoms with E-state index in [-0.39, 0.29) is 5.82 Å². The Hall–Kier alpha value is -1.09. The third-order valence-corrected chi connectivity index (χ3v) is 1.78. The molecule has 0 saturated heterocycles. The Balaban J connectivity index is 2.33. The van der Waals surface area contributed by atoms with Crippen LogP contribution >= 0.6 is 11.6 Å². The molecule has 0 atom stereocenters. The van der Waals surface area contributed by atoms with Crippen molar-refractivity contribution in [3.8, 4) is 0 Å². The second-order valence-corrected chi connectivity index (χ2v) is 3.04. The van der Waals surface area contributed by atoms with Gasteiger partial charge in [-0.3, -0.25) is 0 Å². The van der Waals surface area contributed by atoms with Gasteiger partial charge in [0.2, 0.25) is 0 Å². The molecular weight excluding hydrogens is 205 g/mol. The Morgan fingerprint density at radius 1 is 1.36 bits per heavy atom. The topological polar surface area (TPSA) is 21.6 Å². The second kappa shape index (κ2) is 6.38. The summed E-state index contributed by atoms with van der Waals surface area (Å²) in [5.74, 6) is 0.303. The van der Waals surface area contributed by atoms with Crippen LogP contribution in [0.2, 0.25) is 0 Å². The zero-order valence-corrected chi connectivity index (χ0v) is 8.38. The van der Waals surface area contributed by atoms with E-state index in [0.29, 0.717) is 12.5 Å². The highest BCUT2D eigenvalue weighted by Crippen LogP contribution is 1.99. The number of benzene rings is 1. The second-order valence-electron chi connectivity index (χ2n) is 2.66. The first-order valence-corrected chi connectivity index (χ1v) is 4.83. The van der Waals surface area contributed by atoms with Crippen LogP contribution in [0, 0.1) is 5.82 Å². The molecule has 0 unspecified atom stereocenters. The van der Waals surface area contributed by atoms with Gasteiger partial charge in [-0.15, -0.1) is 11.6 Å². The van der Waals surface area contributed by atoms with Crippen LogP contribution < -0.4 is 0 Å². The third-order valence-electron chi connectivity index (χ3n) is 1.52. The minimum Gasteiger partial charge on any atom is -0.396 e. The van der Waals surface area contributed by atoms with Crippen LogP contribution in [0.15, 0.2) is 29.4 Å². The Labute approximate surface area is 87.3 Å². The molecule has 14 heavy (non-hydrogen) atoms. The van der Waals surface area contributed by atoms with Crippen molar-refractivity contribution in [2.24, 2.45) is 5.16 Å². The van der Waals surface area contributed by atoms with Gasteiger partial charge in [-0.2, -0.15) is 0 Å². The third kappa shape index (κ3) is 4.23. The van der Waals surface area contributed by atoms with Crippen molar-refractivity contribution in [2.45, 2.75) is 6.42 Å². The maximum absolute atomic E-state index is 12.5. The number of oxime groups is 1. The minimum absolute atomic E-state index is 0.259. The van der Waals surface area contributed by atoms with Gasteiger partial charge in [0.15, 0.2) is 0 Å². The van der Waals surface area contributed by atoms with Crippen LogP contribution in [0.1, 0.15) is 12.0 Å². The summed E-state index contributed by atoms with van der Waals surface area (Å²) in [5.41, 5.74) is 0.803. The van der Waals surface area contributed by atoms with Crippen molar-refractivity contribution >= 4 is 17.8 Å². The fourth-order valence-electron chi connectivity index (χ4n) is 0.819. The average Bonchev–Trinajstić information content (AvgIpc) is 2.21. The quantitative estimate of drug-likeness (QED) is 0.320. The molecule has 0 aromatic heterocycles. The molecule has 0 spiro atoms. The van der Waals surface area contributed by atoms with E-state index in [9.17, 15) is 4.39 Å². The summed E-state index contributed by atoms with van der Waals surface area (Å²) < 4.78 is 12.5. The molecular formula is C10H11ClFNO. The van der Waals surface area contributed by atoms with Crippen LogP contribution in [-0.2, 0) is 4.84 Å². The number of hydrogen-bond acceptors (Lipinski definition) is 2. The maximum atomic E-state index is 12.5. The predicted octanol–water partition coefficient (Wildman–Crippen LogP) is 2.81. The summed E-state index contributed by atoms with van der Waals surface area (Å²) >= 11 is 5.44. The lowest BCUT2D eigenvalue weighted by molar-refractivity contribution is 0.147. The van der Waals surface area contributed by atoms with E-state index in [0.717, 1.165) is 12.0 Å². The molecule has 0 saturated carbocycles. The number of alkyl halides is 1. The molecule has 0 heterocycles. The molecule has 0 bridgehead atoms. The lowest BCUT2D eigenvalue weighted by Gasteiger charge is -1.95. The molecule has 0 amide bonds. The summed E-state index contributed by atoms with van der Waals surface area (Å²) in [6, 6.07) is 6.01. The number of halogens is 2. The van der Waals surface area contributed by atoms with Gasteiger partial charge in [0, 0.05) is 5.88 Å². The van der Waals surface area contributed by atoms with Crippen LogP contribution in [0.4, 0.5) is 4.39 Å². The van der Waals surface area contributed by atoms with Crippen LogP contribution in [0.3, 0.4) is 0 Å². The molecule has 0 aliphatic heterocycles. The maximum Gasteiger partial charge on any atom is 0.123 e. The molecule has 76 valence electrons. The zero-order valence-electron chi connectivity index (χ0n) is 7.62. The summed E-state index contributed by atoms with van der Waals surface area (Å²) in [6.45, 7) is 0.501. The van der Waals surface area contributed by atoms with Gasteiger partial charge in [0.1, 0.15) is 12.4 Å². The van der Waals surface area contributed by atoms with Crippen molar-refractivity contribution in [1.82, 2.24) is 0 Å². The largest absolute Gasteiger partial charge is 0.396 e. The first-order valence-electron chi connectivity index (χ1n) is 4.30. The Morgan fingerprint density at radius 2 is 2.07 bits per heavy atom. The normalized spacial score (nSPS) is 10.7. The molecule has 1 aromatic carbocycles. The summed E-state index contributed by atoms with van der Waals surface area (Å²) in [5, 5.41) is 3.70. The Kier molecular flexibility index (Phi) is 5.00. The Bertz CT molecular complexity index is 287. The first kappa shape index (κ1) is 11.0. The van der Waals surface area contributed by atoms with E-state index in [4.69, 9.17) is 16.4 Å². The molecule has 4 heteroatoms. The van der Waals surface area contributed by atoms with Crippen LogP contribution in [0.5, 0.6) is 0 Å². The van der Waals surface area contributed by atoms with Crippen molar-refractivity contribution < 1.29 is 9.23 Å². The number of nitrogens with zero attached hydrogens (tertiary/aromatic N) is 1. The van der Waals surface area contributed by atoms with Gasteiger partial charge in [-0.1, -0.05) is 17.3 Å². The summed E-state index contributed by atoms with van der Waals surface area (Å²) in [7, 11) is 0. The van der Waals surface area contributed by atoms with Crippen molar-refractivity contribution in [3.63, 3.8) is 0 Å². The molecule has 0 aliphatic rings. The molecule has 0 aliphatic carbocycles. The monoisotopic (exact) mass is 215 g/mol. The van der Waals surface area contributed by atoms with E-state index < -0.39 is 0 Å². The van der Waals surface area contributed by atoms with Crippen LogP contribution in [0.25, 0.3) is 0 Å². The van der Waals surface area contributed by atoms with Crippen molar-refractivity contribution in [3.05, 3.63) is 35.6 Å². The molecule has 0 fully saturated rings. The lowest BCUT2D eigenvalue weighted by atomic mass is 10.2. The highest BCUT2D eigenvalue weighted by molar-refractivity contribution is 6.17. The fraction of sp³-hybridized carbons (Fsp3) is 0.300. The Morgan fingerprint density at radius 3 is 2.71 bits per heavy atom. The van der Waals surface area contributed by atoms with Gasteiger partial charge < -0.3 is 4.84 Å². The first-order chi connectivity index (χ1) is 6.83. The average molecular weight is 216 g/mol. The van der Waals surface area contributed by atoms with E-state index in [1.54, 1.807) is 12.1 Å². The predicted molar refractivity (Wildman–Crippen MR) is 55.3 cm³/mol. The van der Waals surface area contributed by atoms with Crippen molar-refractivity contribution in [1.29, 1.82) is 0 Å². The molecule has 1 rings (SSSR count). The summed E-state index contributed by atoms with van der Waals surface area (Å²) in [4.78, 5) is 4.90. The van der Waals surface area contributed by atoms with Gasteiger partial charge in [0.05, 0.1) is 6.21 Å². The van der Waals surface area contributed by atoms with E-state index in [1.807, 2.05) is 0 Å². The standard InChI is InChI=1S/C10H11ClFNO/c11-6-1-7-14-13-8-9-2-4-10(12)5-3-9/h2-5,8H,1,6-7H2. The van der Waals surface area contributed by atoms with Gasteiger partial charge in [-0.05, 0) is 24.1 Å². The van der Waals surface area contributed by atoms with Crippen LogP contribution in [-0.4, -0.2) is 18.7 Å².